The highest BCUT2D eigenvalue weighted by Gasteiger charge is 2.16. The van der Waals surface area contributed by atoms with Crippen LogP contribution in [0.5, 0.6) is 0 Å². The molecule has 0 aliphatic carbocycles. The number of allylic oxidation sites excluding steroid dienone is 2. The molecule has 1 heterocycles. The number of hydrogen-bond donors (Lipinski definition) is 0. The van der Waals surface area contributed by atoms with Crippen LogP contribution < -0.4 is 0 Å². The molecule has 0 aromatic heterocycles. The van der Waals surface area contributed by atoms with Crippen LogP contribution in [0.3, 0.4) is 0 Å². The largest absolute Gasteiger partial charge is 0.343 e. The van der Waals surface area contributed by atoms with Crippen molar-refractivity contribution in [3.05, 3.63) is 12.2 Å². The smallest absolute Gasteiger partial charge is 0.222 e. The normalized spacial score (nSPS) is 14.8. The van der Waals surface area contributed by atoms with Gasteiger partial charge in [0.05, 0.1) is 0 Å². The first-order chi connectivity index (χ1) is 11.8. The average molecular weight is 336 g/mol. The molecule has 0 aromatic rings. The van der Waals surface area contributed by atoms with Crippen LogP contribution in [0.2, 0.25) is 0 Å². The lowest BCUT2D eigenvalue weighted by atomic mass is 10.1. The maximum absolute atomic E-state index is 11.9. The fourth-order valence-corrected chi connectivity index (χ4v) is 3.47. The van der Waals surface area contributed by atoms with Crippen molar-refractivity contribution in [3.8, 4) is 0 Å². The third-order valence-electron chi connectivity index (χ3n) is 5.11. The lowest BCUT2D eigenvalue weighted by molar-refractivity contribution is -0.130. The molecule has 0 spiro atoms. The van der Waals surface area contributed by atoms with E-state index in [0.29, 0.717) is 5.91 Å². The van der Waals surface area contributed by atoms with Crippen LogP contribution >= 0.6 is 0 Å². The standard InChI is InChI=1S/C22H41NO/c1-2-3-4-5-6-7-8-9-10-11-12-13-14-15-16-19-22(24)23-20-17-18-21-23/h11-12H,2-10,13-21H2,1H3/b12-11+. The number of carbonyl (C=O) groups is 1. The molecule has 0 atom stereocenters. The lowest BCUT2D eigenvalue weighted by Gasteiger charge is -2.14. The SMILES string of the molecule is CCCCCCCCCC/C=C/CCCCCC(=O)N1CCCC1. The van der Waals surface area contributed by atoms with E-state index in [0.717, 1.165) is 25.9 Å². The summed E-state index contributed by atoms with van der Waals surface area (Å²) in [6.45, 7) is 4.28. The predicted molar refractivity (Wildman–Crippen MR) is 105 cm³/mol. The number of likely N-dealkylation sites (tertiary alicyclic amines) is 1. The minimum absolute atomic E-state index is 0.387. The Kier molecular flexibility index (Phi) is 13.9. The quantitative estimate of drug-likeness (QED) is 0.242. The van der Waals surface area contributed by atoms with Gasteiger partial charge in [0.1, 0.15) is 0 Å². The Morgan fingerprint density at radius 3 is 1.83 bits per heavy atom. The van der Waals surface area contributed by atoms with E-state index in [1.54, 1.807) is 0 Å². The molecule has 2 heteroatoms. The maximum Gasteiger partial charge on any atom is 0.222 e. The Bertz CT molecular complexity index is 318. The summed E-state index contributed by atoms with van der Waals surface area (Å²) >= 11 is 0. The zero-order valence-corrected chi connectivity index (χ0v) is 16.2. The van der Waals surface area contributed by atoms with Gasteiger partial charge in [0.25, 0.3) is 0 Å². The molecule has 24 heavy (non-hydrogen) atoms. The van der Waals surface area contributed by atoms with E-state index < -0.39 is 0 Å². The van der Waals surface area contributed by atoms with Crippen molar-refractivity contribution < 1.29 is 4.79 Å². The Labute approximate surface area is 151 Å². The van der Waals surface area contributed by atoms with E-state index in [2.05, 4.69) is 19.1 Å². The van der Waals surface area contributed by atoms with E-state index in [-0.39, 0.29) is 0 Å². The van der Waals surface area contributed by atoms with Crippen molar-refractivity contribution >= 4 is 5.91 Å². The van der Waals surface area contributed by atoms with Gasteiger partial charge in [-0.05, 0) is 44.9 Å². The number of amides is 1. The monoisotopic (exact) mass is 335 g/mol. The molecule has 140 valence electrons. The second-order valence-electron chi connectivity index (χ2n) is 7.42. The molecule has 1 aliphatic heterocycles. The van der Waals surface area contributed by atoms with E-state index >= 15 is 0 Å². The fraction of sp³-hybridized carbons (Fsp3) is 0.864. The molecule has 0 saturated carbocycles. The highest BCUT2D eigenvalue weighted by molar-refractivity contribution is 5.76. The minimum Gasteiger partial charge on any atom is -0.343 e. The number of unbranched alkanes of at least 4 members (excludes halogenated alkanes) is 11. The van der Waals surface area contributed by atoms with Crippen molar-refractivity contribution in [2.45, 2.75) is 110 Å². The van der Waals surface area contributed by atoms with Crippen LogP contribution in [0.4, 0.5) is 0 Å². The van der Waals surface area contributed by atoms with Gasteiger partial charge in [-0.2, -0.15) is 0 Å². The van der Waals surface area contributed by atoms with Crippen molar-refractivity contribution in [1.29, 1.82) is 0 Å². The molecule has 0 radical (unpaired) electrons. The molecule has 0 bridgehead atoms. The number of nitrogens with zero attached hydrogens (tertiary/aromatic N) is 1. The fourth-order valence-electron chi connectivity index (χ4n) is 3.47. The first kappa shape index (κ1) is 21.3. The highest BCUT2D eigenvalue weighted by Crippen LogP contribution is 2.12. The van der Waals surface area contributed by atoms with Crippen LogP contribution in [0.1, 0.15) is 110 Å². The van der Waals surface area contributed by atoms with Crippen molar-refractivity contribution in [1.82, 2.24) is 4.90 Å². The second-order valence-corrected chi connectivity index (χ2v) is 7.42. The van der Waals surface area contributed by atoms with Gasteiger partial charge in [-0.3, -0.25) is 4.79 Å². The third-order valence-corrected chi connectivity index (χ3v) is 5.11. The molecular weight excluding hydrogens is 294 g/mol. The van der Waals surface area contributed by atoms with Crippen molar-refractivity contribution in [3.63, 3.8) is 0 Å². The summed E-state index contributed by atoms with van der Waals surface area (Å²) < 4.78 is 0. The number of rotatable bonds is 15. The number of hydrogen-bond acceptors (Lipinski definition) is 1. The van der Waals surface area contributed by atoms with E-state index in [1.165, 1.54) is 89.9 Å². The Balaban J connectivity index is 1.77. The zero-order valence-electron chi connectivity index (χ0n) is 16.2. The molecule has 1 aliphatic rings. The molecule has 2 nitrogen and oxygen atoms in total. The first-order valence-corrected chi connectivity index (χ1v) is 10.8. The Hall–Kier alpha value is -0.790. The molecule has 1 fully saturated rings. The van der Waals surface area contributed by atoms with Crippen LogP contribution in [0.15, 0.2) is 12.2 Å². The summed E-state index contributed by atoms with van der Waals surface area (Å²) in [6.07, 6.45) is 25.1. The number of carbonyl (C=O) groups excluding carboxylic acids is 1. The van der Waals surface area contributed by atoms with Crippen molar-refractivity contribution in [2.24, 2.45) is 0 Å². The second kappa shape index (κ2) is 15.7. The maximum atomic E-state index is 11.9. The van der Waals surface area contributed by atoms with Gasteiger partial charge in [0.2, 0.25) is 5.91 Å². The van der Waals surface area contributed by atoms with Gasteiger partial charge >= 0.3 is 0 Å². The summed E-state index contributed by atoms with van der Waals surface area (Å²) in [5.41, 5.74) is 0. The van der Waals surface area contributed by atoms with E-state index in [9.17, 15) is 4.79 Å². The summed E-state index contributed by atoms with van der Waals surface area (Å²) in [5.74, 6) is 0.387. The van der Waals surface area contributed by atoms with Crippen LogP contribution in [0, 0.1) is 0 Å². The summed E-state index contributed by atoms with van der Waals surface area (Å²) in [5, 5.41) is 0. The van der Waals surface area contributed by atoms with Gasteiger partial charge in [0, 0.05) is 19.5 Å². The molecule has 1 saturated heterocycles. The third kappa shape index (κ3) is 11.7. The van der Waals surface area contributed by atoms with E-state index in [1.807, 2.05) is 4.90 Å². The summed E-state index contributed by atoms with van der Waals surface area (Å²) in [7, 11) is 0. The predicted octanol–water partition coefficient (Wildman–Crippen LogP) is 6.65. The molecule has 1 amide bonds. The van der Waals surface area contributed by atoms with Crippen LogP contribution in [-0.2, 0) is 4.79 Å². The van der Waals surface area contributed by atoms with Gasteiger partial charge in [0.15, 0.2) is 0 Å². The summed E-state index contributed by atoms with van der Waals surface area (Å²) in [4.78, 5) is 13.9. The van der Waals surface area contributed by atoms with Gasteiger partial charge in [-0.1, -0.05) is 70.4 Å². The summed E-state index contributed by atoms with van der Waals surface area (Å²) in [6, 6.07) is 0. The van der Waals surface area contributed by atoms with Crippen LogP contribution in [0.25, 0.3) is 0 Å². The van der Waals surface area contributed by atoms with Crippen LogP contribution in [-0.4, -0.2) is 23.9 Å². The van der Waals surface area contributed by atoms with Crippen molar-refractivity contribution in [2.75, 3.05) is 13.1 Å². The molecule has 0 aromatic carbocycles. The topological polar surface area (TPSA) is 20.3 Å². The lowest BCUT2D eigenvalue weighted by Crippen LogP contribution is -2.27. The molecule has 0 N–H and O–H groups in total. The van der Waals surface area contributed by atoms with Gasteiger partial charge in [-0.15, -0.1) is 0 Å². The highest BCUT2D eigenvalue weighted by atomic mass is 16.2. The Morgan fingerprint density at radius 2 is 1.25 bits per heavy atom. The molecule has 0 unspecified atom stereocenters. The zero-order chi connectivity index (χ0) is 17.3. The average Bonchev–Trinajstić information content (AvgIpc) is 3.13. The van der Waals surface area contributed by atoms with Gasteiger partial charge in [-0.25, -0.2) is 0 Å². The molecular formula is C22H41NO. The first-order valence-electron chi connectivity index (χ1n) is 10.8. The minimum atomic E-state index is 0.387. The molecule has 1 rings (SSSR count). The van der Waals surface area contributed by atoms with Gasteiger partial charge < -0.3 is 4.90 Å². The van der Waals surface area contributed by atoms with E-state index in [4.69, 9.17) is 0 Å². The Morgan fingerprint density at radius 1 is 0.750 bits per heavy atom.